The lowest BCUT2D eigenvalue weighted by Gasteiger charge is -2.17. The summed E-state index contributed by atoms with van der Waals surface area (Å²) in [5.41, 5.74) is 0.828. The number of benzene rings is 1. The first-order valence-corrected chi connectivity index (χ1v) is 7.65. The highest BCUT2D eigenvalue weighted by Crippen LogP contribution is 2.21. The van der Waals surface area contributed by atoms with Crippen molar-refractivity contribution in [1.29, 1.82) is 0 Å². The molecule has 0 heterocycles. The van der Waals surface area contributed by atoms with E-state index < -0.39 is 11.9 Å². The molecule has 0 spiro atoms. The number of carboxylic acid groups (broad SMARTS) is 1. The van der Waals surface area contributed by atoms with E-state index in [1.54, 1.807) is 13.2 Å². The van der Waals surface area contributed by atoms with Crippen LogP contribution < -0.4 is 10.1 Å². The van der Waals surface area contributed by atoms with Gasteiger partial charge in [-0.05, 0) is 30.9 Å². The standard InChI is InChI=1S/C17H25NO4/c1-4-12(5-2)16(19)18-11-14(17(20)21)10-13-8-6-7-9-15(13)22-3/h6-9,12,14H,4-5,10-11H2,1-3H3,(H,18,19)(H,20,21). The maximum atomic E-state index is 12.0. The van der Waals surface area contributed by atoms with Crippen LogP contribution in [0.25, 0.3) is 0 Å². The normalized spacial score (nSPS) is 12.0. The Balaban J connectivity index is 2.70. The molecular weight excluding hydrogens is 282 g/mol. The van der Waals surface area contributed by atoms with E-state index in [9.17, 15) is 14.7 Å². The summed E-state index contributed by atoms with van der Waals surface area (Å²) in [5.74, 6) is -1.05. The smallest absolute Gasteiger partial charge is 0.308 e. The summed E-state index contributed by atoms with van der Waals surface area (Å²) in [6.45, 7) is 4.04. The van der Waals surface area contributed by atoms with E-state index in [0.717, 1.165) is 18.4 Å². The van der Waals surface area contributed by atoms with Crippen LogP contribution in [0.2, 0.25) is 0 Å². The van der Waals surface area contributed by atoms with E-state index in [-0.39, 0.29) is 18.4 Å². The summed E-state index contributed by atoms with van der Waals surface area (Å²) in [5, 5.41) is 12.1. The largest absolute Gasteiger partial charge is 0.496 e. The van der Waals surface area contributed by atoms with Crippen LogP contribution in [0.5, 0.6) is 5.75 Å². The van der Waals surface area contributed by atoms with E-state index in [1.807, 2.05) is 32.0 Å². The van der Waals surface area contributed by atoms with E-state index in [2.05, 4.69) is 5.32 Å². The second kappa shape index (κ2) is 9.07. The number of hydrogen-bond acceptors (Lipinski definition) is 3. The Bertz CT molecular complexity index is 497. The summed E-state index contributed by atoms with van der Waals surface area (Å²) >= 11 is 0. The minimum atomic E-state index is -0.921. The van der Waals surface area contributed by atoms with Crippen molar-refractivity contribution in [1.82, 2.24) is 5.32 Å². The molecule has 122 valence electrons. The molecule has 0 aromatic heterocycles. The minimum Gasteiger partial charge on any atom is -0.496 e. The molecular formula is C17H25NO4. The van der Waals surface area contributed by atoms with Gasteiger partial charge in [0, 0.05) is 12.5 Å². The molecule has 1 amide bonds. The SMILES string of the molecule is CCC(CC)C(=O)NCC(Cc1ccccc1OC)C(=O)O. The highest BCUT2D eigenvalue weighted by molar-refractivity contribution is 5.79. The lowest BCUT2D eigenvalue weighted by atomic mass is 9.97. The third kappa shape index (κ3) is 5.06. The molecule has 0 bridgehead atoms. The zero-order valence-corrected chi connectivity index (χ0v) is 13.5. The first-order chi connectivity index (χ1) is 10.5. The zero-order chi connectivity index (χ0) is 16.5. The molecule has 5 heteroatoms. The highest BCUT2D eigenvalue weighted by Gasteiger charge is 2.22. The van der Waals surface area contributed by atoms with Crippen molar-refractivity contribution in [2.45, 2.75) is 33.1 Å². The third-order valence-corrected chi connectivity index (χ3v) is 3.89. The highest BCUT2D eigenvalue weighted by atomic mass is 16.5. The second-order valence-electron chi connectivity index (χ2n) is 5.31. The van der Waals surface area contributed by atoms with Crippen molar-refractivity contribution in [3.63, 3.8) is 0 Å². The summed E-state index contributed by atoms with van der Waals surface area (Å²) in [7, 11) is 1.56. The predicted octanol–water partition coefficient (Wildman–Crippen LogP) is 2.49. The number of hydrogen-bond donors (Lipinski definition) is 2. The molecule has 22 heavy (non-hydrogen) atoms. The van der Waals surface area contributed by atoms with Crippen molar-refractivity contribution < 1.29 is 19.4 Å². The Labute approximate surface area is 131 Å². The van der Waals surface area contributed by atoms with E-state index in [4.69, 9.17) is 4.74 Å². The van der Waals surface area contributed by atoms with Gasteiger partial charge in [0.1, 0.15) is 5.75 Å². The average Bonchev–Trinajstić information content (AvgIpc) is 2.52. The third-order valence-electron chi connectivity index (χ3n) is 3.89. The molecule has 0 aliphatic carbocycles. The molecule has 1 aromatic rings. The van der Waals surface area contributed by atoms with Gasteiger partial charge < -0.3 is 15.2 Å². The van der Waals surface area contributed by atoms with Crippen LogP contribution in [0.4, 0.5) is 0 Å². The monoisotopic (exact) mass is 307 g/mol. The second-order valence-corrected chi connectivity index (χ2v) is 5.31. The maximum absolute atomic E-state index is 12.0. The summed E-state index contributed by atoms with van der Waals surface area (Å²) < 4.78 is 5.24. The van der Waals surface area contributed by atoms with Crippen LogP contribution in [-0.2, 0) is 16.0 Å². The lowest BCUT2D eigenvalue weighted by Crippen LogP contribution is -2.37. The lowest BCUT2D eigenvalue weighted by molar-refractivity contribution is -0.141. The van der Waals surface area contributed by atoms with Gasteiger partial charge >= 0.3 is 5.97 Å². The Morgan fingerprint density at radius 2 is 1.82 bits per heavy atom. The van der Waals surface area contributed by atoms with Crippen molar-refractivity contribution in [3.8, 4) is 5.75 Å². The van der Waals surface area contributed by atoms with Crippen molar-refractivity contribution in [2.75, 3.05) is 13.7 Å². The van der Waals surface area contributed by atoms with Gasteiger partial charge in [0.25, 0.3) is 0 Å². The number of rotatable bonds is 9. The predicted molar refractivity (Wildman–Crippen MR) is 84.9 cm³/mol. The quantitative estimate of drug-likeness (QED) is 0.735. The van der Waals surface area contributed by atoms with Crippen LogP contribution in [0.3, 0.4) is 0 Å². The fraction of sp³-hybridized carbons (Fsp3) is 0.529. The van der Waals surface area contributed by atoms with Crippen LogP contribution in [0.15, 0.2) is 24.3 Å². The van der Waals surface area contributed by atoms with Crippen LogP contribution in [0, 0.1) is 11.8 Å². The zero-order valence-electron chi connectivity index (χ0n) is 13.5. The molecule has 0 aliphatic heterocycles. The van der Waals surface area contributed by atoms with Gasteiger partial charge in [-0.3, -0.25) is 9.59 Å². The average molecular weight is 307 g/mol. The molecule has 0 aliphatic rings. The molecule has 0 saturated heterocycles. The Hall–Kier alpha value is -2.04. The van der Waals surface area contributed by atoms with Gasteiger partial charge in [-0.25, -0.2) is 0 Å². The molecule has 0 radical (unpaired) electrons. The van der Waals surface area contributed by atoms with E-state index in [1.165, 1.54) is 0 Å². The van der Waals surface area contributed by atoms with Gasteiger partial charge in [0.15, 0.2) is 0 Å². The Kier molecular flexibility index (Phi) is 7.43. The van der Waals surface area contributed by atoms with Gasteiger partial charge in [0.2, 0.25) is 5.91 Å². The maximum Gasteiger partial charge on any atom is 0.308 e. The van der Waals surface area contributed by atoms with Crippen molar-refractivity contribution >= 4 is 11.9 Å². The number of nitrogens with one attached hydrogen (secondary N) is 1. The van der Waals surface area contributed by atoms with Crippen molar-refractivity contribution in [2.24, 2.45) is 11.8 Å². The summed E-state index contributed by atoms with van der Waals surface area (Å²) in [4.78, 5) is 23.4. The minimum absolute atomic E-state index is 0.0549. The Morgan fingerprint density at radius 3 is 2.36 bits per heavy atom. The molecule has 1 aromatic carbocycles. The Morgan fingerprint density at radius 1 is 1.18 bits per heavy atom. The number of carboxylic acids is 1. The van der Waals surface area contributed by atoms with E-state index >= 15 is 0 Å². The fourth-order valence-corrected chi connectivity index (χ4v) is 2.41. The molecule has 5 nitrogen and oxygen atoms in total. The first-order valence-electron chi connectivity index (χ1n) is 7.65. The number of aliphatic carboxylic acids is 1. The number of para-hydroxylation sites is 1. The van der Waals surface area contributed by atoms with Crippen LogP contribution in [-0.4, -0.2) is 30.6 Å². The topological polar surface area (TPSA) is 75.6 Å². The molecule has 1 unspecified atom stereocenters. The number of amides is 1. The number of ether oxygens (including phenoxy) is 1. The molecule has 2 N–H and O–H groups in total. The van der Waals surface area contributed by atoms with Gasteiger partial charge in [-0.15, -0.1) is 0 Å². The first kappa shape index (κ1) is 18.0. The number of carbonyl (C=O) groups excluding carboxylic acids is 1. The number of methoxy groups -OCH3 is 1. The fourth-order valence-electron chi connectivity index (χ4n) is 2.41. The number of carbonyl (C=O) groups is 2. The molecule has 1 rings (SSSR count). The van der Waals surface area contributed by atoms with Crippen LogP contribution in [0.1, 0.15) is 32.3 Å². The van der Waals surface area contributed by atoms with Crippen LogP contribution >= 0.6 is 0 Å². The molecule has 0 fully saturated rings. The molecule has 0 saturated carbocycles. The molecule has 1 atom stereocenters. The van der Waals surface area contributed by atoms with Gasteiger partial charge in [-0.2, -0.15) is 0 Å². The summed E-state index contributed by atoms with van der Waals surface area (Å²) in [6, 6.07) is 7.33. The van der Waals surface area contributed by atoms with E-state index in [0.29, 0.717) is 12.2 Å². The van der Waals surface area contributed by atoms with Gasteiger partial charge in [-0.1, -0.05) is 32.0 Å². The summed E-state index contributed by atoms with van der Waals surface area (Å²) in [6.07, 6.45) is 1.84. The van der Waals surface area contributed by atoms with Crippen molar-refractivity contribution in [3.05, 3.63) is 29.8 Å². The van der Waals surface area contributed by atoms with Gasteiger partial charge in [0.05, 0.1) is 13.0 Å².